The quantitative estimate of drug-likeness (QED) is 0.822. The molecule has 2 atom stereocenters. The van der Waals surface area contributed by atoms with Crippen LogP contribution in [0.15, 0.2) is 24.3 Å². The number of rotatable bonds is 5. The number of fused-ring (bicyclic) bond motifs is 1. The molecule has 1 aromatic rings. The van der Waals surface area contributed by atoms with Gasteiger partial charge >= 0.3 is 0 Å². The Morgan fingerprint density at radius 2 is 2.12 bits per heavy atom. The van der Waals surface area contributed by atoms with E-state index < -0.39 is 0 Å². The highest BCUT2D eigenvalue weighted by Gasteiger charge is 2.31. The third-order valence-electron chi connectivity index (χ3n) is 3.18. The van der Waals surface area contributed by atoms with Gasteiger partial charge in [-0.15, -0.1) is 0 Å². The fourth-order valence-electron chi connectivity index (χ4n) is 2.47. The van der Waals surface area contributed by atoms with Crippen molar-refractivity contribution in [2.45, 2.75) is 38.8 Å². The maximum absolute atomic E-state index is 5.83. The van der Waals surface area contributed by atoms with Crippen molar-refractivity contribution in [3.63, 3.8) is 0 Å². The molecule has 0 radical (unpaired) electrons. The van der Waals surface area contributed by atoms with Crippen LogP contribution in [0.25, 0.3) is 0 Å². The third kappa shape index (κ3) is 2.28. The molecule has 2 rings (SSSR count). The highest BCUT2D eigenvalue weighted by molar-refractivity contribution is 5.36. The molecule has 1 aliphatic rings. The third-order valence-corrected chi connectivity index (χ3v) is 3.18. The van der Waals surface area contributed by atoms with Crippen molar-refractivity contribution in [3.05, 3.63) is 35.4 Å². The van der Waals surface area contributed by atoms with Crippen molar-refractivity contribution in [1.29, 1.82) is 0 Å². The van der Waals surface area contributed by atoms with Crippen LogP contribution in [0.1, 0.15) is 37.4 Å². The van der Waals surface area contributed by atoms with Gasteiger partial charge in [0, 0.05) is 13.0 Å². The molecule has 1 N–H and O–H groups in total. The van der Waals surface area contributed by atoms with Crippen LogP contribution >= 0.6 is 0 Å². The summed E-state index contributed by atoms with van der Waals surface area (Å²) in [6.07, 6.45) is 2.53. The number of hydrogen-bond acceptors (Lipinski definition) is 2. The molecule has 0 amide bonds. The van der Waals surface area contributed by atoms with E-state index in [1.165, 1.54) is 11.1 Å². The molecule has 2 nitrogen and oxygen atoms in total. The van der Waals surface area contributed by atoms with E-state index in [0.29, 0.717) is 12.1 Å². The summed E-state index contributed by atoms with van der Waals surface area (Å²) in [6, 6.07) is 9.06. The van der Waals surface area contributed by atoms with Gasteiger partial charge in [-0.1, -0.05) is 31.2 Å². The van der Waals surface area contributed by atoms with E-state index in [2.05, 4.69) is 43.4 Å². The molecule has 88 valence electrons. The van der Waals surface area contributed by atoms with Crippen LogP contribution in [0.4, 0.5) is 0 Å². The SMILES string of the molecule is CCCNC1c2ccccc2CC1OCC. The van der Waals surface area contributed by atoms with Crippen LogP contribution in [0.2, 0.25) is 0 Å². The lowest BCUT2D eigenvalue weighted by Gasteiger charge is -2.21. The molecule has 16 heavy (non-hydrogen) atoms. The van der Waals surface area contributed by atoms with Crippen LogP contribution in [0.3, 0.4) is 0 Å². The molecule has 0 saturated heterocycles. The normalized spacial score (nSPS) is 23.4. The number of ether oxygens (including phenoxy) is 1. The Hall–Kier alpha value is -0.860. The molecule has 1 aromatic carbocycles. The second kappa shape index (κ2) is 5.46. The Morgan fingerprint density at radius 1 is 1.31 bits per heavy atom. The zero-order valence-corrected chi connectivity index (χ0v) is 10.2. The zero-order valence-electron chi connectivity index (χ0n) is 10.2. The van der Waals surface area contributed by atoms with Crippen molar-refractivity contribution < 1.29 is 4.74 Å². The summed E-state index contributed by atoms with van der Waals surface area (Å²) >= 11 is 0. The average molecular weight is 219 g/mol. The van der Waals surface area contributed by atoms with Crippen LogP contribution in [-0.4, -0.2) is 19.3 Å². The van der Waals surface area contributed by atoms with Crippen molar-refractivity contribution in [2.75, 3.05) is 13.2 Å². The fourth-order valence-corrected chi connectivity index (χ4v) is 2.47. The summed E-state index contributed by atoms with van der Waals surface area (Å²) in [5, 5.41) is 3.60. The lowest BCUT2D eigenvalue weighted by atomic mass is 10.1. The molecule has 0 fully saturated rings. The van der Waals surface area contributed by atoms with Crippen LogP contribution in [0, 0.1) is 0 Å². The number of benzene rings is 1. The van der Waals surface area contributed by atoms with Gasteiger partial charge in [0.1, 0.15) is 0 Å². The van der Waals surface area contributed by atoms with E-state index in [0.717, 1.165) is 26.0 Å². The van der Waals surface area contributed by atoms with E-state index in [-0.39, 0.29) is 0 Å². The molecule has 0 heterocycles. The lowest BCUT2D eigenvalue weighted by molar-refractivity contribution is 0.0435. The highest BCUT2D eigenvalue weighted by Crippen LogP contribution is 2.33. The van der Waals surface area contributed by atoms with Gasteiger partial charge in [0.05, 0.1) is 12.1 Å². The lowest BCUT2D eigenvalue weighted by Crippen LogP contribution is -2.31. The summed E-state index contributed by atoms with van der Waals surface area (Å²) < 4.78 is 5.83. The molecule has 2 heteroatoms. The maximum atomic E-state index is 5.83. The highest BCUT2D eigenvalue weighted by atomic mass is 16.5. The van der Waals surface area contributed by atoms with E-state index in [4.69, 9.17) is 4.74 Å². The molecular formula is C14H21NO. The van der Waals surface area contributed by atoms with Crippen molar-refractivity contribution >= 4 is 0 Å². The summed E-state index contributed by atoms with van der Waals surface area (Å²) in [4.78, 5) is 0. The molecule has 0 spiro atoms. The predicted molar refractivity (Wildman–Crippen MR) is 66.6 cm³/mol. The smallest absolute Gasteiger partial charge is 0.0809 e. The second-order valence-electron chi connectivity index (χ2n) is 4.33. The minimum absolute atomic E-state index is 0.314. The summed E-state index contributed by atoms with van der Waals surface area (Å²) in [5.41, 5.74) is 2.86. The minimum atomic E-state index is 0.314. The first-order valence-corrected chi connectivity index (χ1v) is 6.29. The van der Waals surface area contributed by atoms with Crippen molar-refractivity contribution in [2.24, 2.45) is 0 Å². The molecule has 0 aliphatic heterocycles. The molecular weight excluding hydrogens is 198 g/mol. The molecule has 0 saturated carbocycles. The van der Waals surface area contributed by atoms with Crippen LogP contribution in [-0.2, 0) is 11.2 Å². The van der Waals surface area contributed by atoms with E-state index in [1.807, 2.05) is 0 Å². The Balaban J connectivity index is 2.14. The summed E-state index contributed by atoms with van der Waals surface area (Å²) in [7, 11) is 0. The molecule has 0 aromatic heterocycles. The second-order valence-corrected chi connectivity index (χ2v) is 4.33. The fraction of sp³-hybridized carbons (Fsp3) is 0.571. The zero-order chi connectivity index (χ0) is 11.4. The van der Waals surface area contributed by atoms with Crippen molar-refractivity contribution in [1.82, 2.24) is 5.32 Å². The topological polar surface area (TPSA) is 21.3 Å². The van der Waals surface area contributed by atoms with Gasteiger partial charge in [-0.05, 0) is 31.0 Å². The van der Waals surface area contributed by atoms with E-state index in [1.54, 1.807) is 0 Å². The summed E-state index contributed by atoms with van der Waals surface area (Å²) in [6.45, 7) is 6.12. The van der Waals surface area contributed by atoms with Crippen molar-refractivity contribution in [3.8, 4) is 0 Å². The van der Waals surface area contributed by atoms with Gasteiger partial charge in [0.15, 0.2) is 0 Å². The molecule has 0 bridgehead atoms. The number of hydrogen-bond donors (Lipinski definition) is 1. The first-order chi connectivity index (χ1) is 7.86. The van der Waals surface area contributed by atoms with Gasteiger partial charge in [-0.25, -0.2) is 0 Å². The number of nitrogens with one attached hydrogen (secondary N) is 1. The van der Waals surface area contributed by atoms with Gasteiger partial charge in [-0.2, -0.15) is 0 Å². The standard InChI is InChI=1S/C14H21NO/c1-3-9-15-14-12-8-6-5-7-11(12)10-13(14)16-4-2/h5-8,13-15H,3-4,9-10H2,1-2H3. The first kappa shape index (κ1) is 11.6. The van der Waals surface area contributed by atoms with Gasteiger partial charge in [-0.3, -0.25) is 0 Å². The van der Waals surface area contributed by atoms with Gasteiger partial charge < -0.3 is 10.1 Å². The van der Waals surface area contributed by atoms with Crippen LogP contribution < -0.4 is 5.32 Å². The Bertz CT molecular complexity index is 337. The Kier molecular flexibility index (Phi) is 3.97. The molecule has 1 aliphatic carbocycles. The summed E-state index contributed by atoms with van der Waals surface area (Å²) in [5.74, 6) is 0. The first-order valence-electron chi connectivity index (χ1n) is 6.29. The largest absolute Gasteiger partial charge is 0.376 e. The monoisotopic (exact) mass is 219 g/mol. The molecule has 2 unspecified atom stereocenters. The maximum Gasteiger partial charge on any atom is 0.0809 e. The predicted octanol–water partition coefficient (Wildman–Crippen LogP) is 2.69. The van der Waals surface area contributed by atoms with Gasteiger partial charge in [0.25, 0.3) is 0 Å². The Morgan fingerprint density at radius 3 is 2.88 bits per heavy atom. The van der Waals surface area contributed by atoms with E-state index in [9.17, 15) is 0 Å². The Labute approximate surface area is 98.0 Å². The van der Waals surface area contributed by atoms with Crippen LogP contribution in [0.5, 0.6) is 0 Å². The van der Waals surface area contributed by atoms with Gasteiger partial charge in [0.2, 0.25) is 0 Å². The average Bonchev–Trinajstić information content (AvgIpc) is 2.65. The minimum Gasteiger partial charge on any atom is -0.376 e. The van der Waals surface area contributed by atoms with E-state index >= 15 is 0 Å².